The van der Waals surface area contributed by atoms with E-state index in [-0.39, 0.29) is 0 Å². The first-order valence-corrected chi connectivity index (χ1v) is 19.2. The van der Waals surface area contributed by atoms with Gasteiger partial charge in [0, 0.05) is 43.1 Å². The van der Waals surface area contributed by atoms with Crippen LogP contribution >= 0.6 is 11.3 Å². The molecule has 11 aromatic rings. The van der Waals surface area contributed by atoms with E-state index < -0.39 is 0 Å². The molecule has 5 heteroatoms. The molecule has 55 heavy (non-hydrogen) atoms. The van der Waals surface area contributed by atoms with Crippen molar-refractivity contribution in [1.29, 1.82) is 0 Å². The Bertz CT molecular complexity index is 3240. The lowest BCUT2D eigenvalue weighted by Gasteiger charge is -2.12. The van der Waals surface area contributed by atoms with E-state index in [1.807, 2.05) is 41.7 Å². The molecule has 0 saturated carbocycles. The van der Waals surface area contributed by atoms with Gasteiger partial charge in [-0.1, -0.05) is 170 Å². The van der Waals surface area contributed by atoms with Gasteiger partial charge >= 0.3 is 0 Å². The van der Waals surface area contributed by atoms with Gasteiger partial charge in [-0.3, -0.25) is 0 Å². The molecule has 11 rings (SSSR count). The minimum atomic E-state index is 0.622. The molecule has 0 spiro atoms. The monoisotopic (exact) mass is 718 g/mol. The van der Waals surface area contributed by atoms with Gasteiger partial charge in [-0.15, -0.1) is 11.3 Å². The summed E-state index contributed by atoms with van der Waals surface area (Å²) >= 11 is 1.81. The van der Waals surface area contributed by atoms with E-state index in [2.05, 4.69) is 152 Å². The quantitative estimate of drug-likeness (QED) is 0.166. The predicted octanol–water partition coefficient (Wildman–Crippen LogP) is 13.4. The molecule has 0 bridgehead atoms. The summed E-state index contributed by atoms with van der Waals surface area (Å²) in [5.41, 5.74) is 8.20. The summed E-state index contributed by atoms with van der Waals surface area (Å²) in [6.45, 7) is 0. The van der Waals surface area contributed by atoms with E-state index in [9.17, 15) is 0 Å². The van der Waals surface area contributed by atoms with Crippen LogP contribution in [0.2, 0.25) is 0 Å². The van der Waals surface area contributed by atoms with Crippen LogP contribution in [0.15, 0.2) is 182 Å². The standard InChI is InChI=1S/C50H30N4S/c1-2-12-33(13-3-1)48-52-49(34-26-22-31(23-27-34)43-30-36-14-4-5-15-37(36)38-16-6-7-17-39(38)43)54-50(53-48)35-28-24-32(25-29-35)45-40-18-8-9-19-41(40)47-46(51-45)42-20-10-11-21-44(42)55-47/h1-30H. The number of hydrogen-bond donors (Lipinski definition) is 0. The summed E-state index contributed by atoms with van der Waals surface area (Å²) in [4.78, 5) is 20.4. The van der Waals surface area contributed by atoms with Gasteiger partial charge in [0.15, 0.2) is 17.5 Å². The number of rotatable bonds is 5. The largest absolute Gasteiger partial charge is 0.246 e. The Morgan fingerprint density at radius 3 is 1.51 bits per heavy atom. The zero-order chi connectivity index (χ0) is 36.3. The normalized spacial score (nSPS) is 11.6. The van der Waals surface area contributed by atoms with Gasteiger partial charge in [0.2, 0.25) is 0 Å². The van der Waals surface area contributed by atoms with Gasteiger partial charge in [-0.25, -0.2) is 19.9 Å². The second-order valence-electron chi connectivity index (χ2n) is 13.8. The van der Waals surface area contributed by atoms with Crippen molar-refractivity contribution in [2.75, 3.05) is 0 Å². The summed E-state index contributed by atoms with van der Waals surface area (Å²) in [5.74, 6) is 1.89. The predicted molar refractivity (Wildman–Crippen MR) is 230 cm³/mol. The van der Waals surface area contributed by atoms with Crippen LogP contribution in [0.3, 0.4) is 0 Å². The molecule has 8 aromatic carbocycles. The Hall–Kier alpha value is -7.08. The average molecular weight is 719 g/mol. The summed E-state index contributed by atoms with van der Waals surface area (Å²) < 4.78 is 2.47. The van der Waals surface area contributed by atoms with E-state index >= 15 is 0 Å². The molecule has 0 aliphatic rings. The maximum absolute atomic E-state index is 5.30. The number of thiophene rings is 1. The Morgan fingerprint density at radius 1 is 0.327 bits per heavy atom. The number of aromatic nitrogens is 4. The number of pyridine rings is 1. The fraction of sp³-hybridized carbons (Fsp3) is 0. The molecule has 0 atom stereocenters. The molecule has 3 aromatic heterocycles. The number of hydrogen-bond acceptors (Lipinski definition) is 5. The smallest absolute Gasteiger partial charge is 0.164 e. The molecule has 0 saturated heterocycles. The minimum Gasteiger partial charge on any atom is -0.246 e. The van der Waals surface area contributed by atoms with Crippen LogP contribution in [0, 0.1) is 0 Å². The van der Waals surface area contributed by atoms with Crippen molar-refractivity contribution < 1.29 is 0 Å². The summed E-state index contributed by atoms with van der Waals surface area (Å²) in [5, 5.41) is 8.54. The van der Waals surface area contributed by atoms with Crippen molar-refractivity contribution in [1.82, 2.24) is 19.9 Å². The molecule has 3 heterocycles. The molecule has 4 nitrogen and oxygen atoms in total. The molecule has 0 radical (unpaired) electrons. The van der Waals surface area contributed by atoms with E-state index in [0.717, 1.165) is 44.4 Å². The lowest BCUT2D eigenvalue weighted by atomic mass is 9.93. The lowest BCUT2D eigenvalue weighted by Crippen LogP contribution is -2.00. The first-order valence-electron chi connectivity index (χ1n) is 18.4. The fourth-order valence-corrected chi connectivity index (χ4v) is 9.01. The molecule has 0 N–H and O–H groups in total. The topological polar surface area (TPSA) is 51.6 Å². The first kappa shape index (κ1) is 31.4. The van der Waals surface area contributed by atoms with Gasteiger partial charge < -0.3 is 0 Å². The van der Waals surface area contributed by atoms with Crippen LogP contribution in [-0.4, -0.2) is 19.9 Å². The molecule has 0 aliphatic carbocycles. The van der Waals surface area contributed by atoms with Crippen molar-refractivity contribution in [2.24, 2.45) is 0 Å². The first-order chi connectivity index (χ1) is 27.2. The molecule has 256 valence electrons. The number of fused-ring (bicyclic) bond motifs is 8. The van der Waals surface area contributed by atoms with Gasteiger partial charge in [-0.2, -0.15) is 0 Å². The molecule has 0 amide bonds. The van der Waals surface area contributed by atoms with Gasteiger partial charge in [-0.05, 0) is 44.8 Å². The highest BCUT2D eigenvalue weighted by atomic mass is 32.1. The van der Waals surface area contributed by atoms with Crippen molar-refractivity contribution in [3.05, 3.63) is 182 Å². The van der Waals surface area contributed by atoms with E-state index in [4.69, 9.17) is 19.9 Å². The zero-order valence-corrected chi connectivity index (χ0v) is 30.3. The lowest BCUT2D eigenvalue weighted by molar-refractivity contribution is 1.07. The third-order valence-electron chi connectivity index (χ3n) is 10.5. The van der Waals surface area contributed by atoms with Crippen molar-refractivity contribution >= 4 is 64.0 Å². The molecule has 0 aliphatic heterocycles. The third-order valence-corrected chi connectivity index (χ3v) is 11.7. The van der Waals surface area contributed by atoms with Crippen molar-refractivity contribution in [3.8, 4) is 56.5 Å². The van der Waals surface area contributed by atoms with Crippen LogP contribution in [0.5, 0.6) is 0 Å². The van der Waals surface area contributed by atoms with Crippen LogP contribution in [-0.2, 0) is 0 Å². The van der Waals surface area contributed by atoms with E-state index in [0.29, 0.717) is 17.5 Å². The maximum atomic E-state index is 5.30. The van der Waals surface area contributed by atoms with Crippen LogP contribution < -0.4 is 0 Å². The second kappa shape index (κ2) is 12.8. The highest BCUT2D eigenvalue weighted by Crippen LogP contribution is 2.41. The summed E-state index contributed by atoms with van der Waals surface area (Å²) in [6, 6.07) is 63.9. The van der Waals surface area contributed by atoms with Crippen molar-refractivity contribution in [2.45, 2.75) is 0 Å². The Morgan fingerprint density at radius 2 is 0.818 bits per heavy atom. The highest BCUT2D eigenvalue weighted by molar-refractivity contribution is 7.26. The molecule has 0 unspecified atom stereocenters. The number of benzene rings is 8. The van der Waals surface area contributed by atoms with Crippen LogP contribution in [0.1, 0.15) is 0 Å². The highest BCUT2D eigenvalue weighted by Gasteiger charge is 2.17. The minimum absolute atomic E-state index is 0.622. The second-order valence-corrected chi connectivity index (χ2v) is 14.9. The maximum Gasteiger partial charge on any atom is 0.164 e. The van der Waals surface area contributed by atoms with E-state index in [1.165, 1.54) is 47.3 Å². The van der Waals surface area contributed by atoms with E-state index in [1.54, 1.807) is 0 Å². The van der Waals surface area contributed by atoms with Crippen molar-refractivity contribution in [3.63, 3.8) is 0 Å². The number of nitrogens with zero attached hydrogens (tertiary/aromatic N) is 4. The van der Waals surface area contributed by atoms with Crippen LogP contribution in [0.25, 0.3) is 109 Å². The Balaban J connectivity index is 1.01. The van der Waals surface area contributed by atoms with Gasteiger partial charge in [0.05, 0.1) is 15.9 Å². The molecular weight excluding hydrogens is 689 g/mol. The van der Waals surface area contributed by atoms with Gasteiger partial charge in [0.25, 0.3) is 0 Å². The summed E-state index contributed by atoms with van der Waals surface area (Å²) in [7, 11) is 0. The SMILES string of the molecule is c1ccc(-c2nc(-c3ccc(-c4cc5ccccc5c5ccccc45)cc3)nc(-c3ccc(-c4nc5c6ccccc6sc5c5ccccc45)cc3)n2)cc1. The fourth-order valence-electron chi connectivity index (χ4n) is 7.82. The van der Waals surface area contributed by atoms with Crippen LogP contribution in [0.4, 0.5) is 0 Å². The average Bonchev–Trinajstić information content (AvgIpc) is 3.65. The molecule has 0 fully saturated rings. The Labute approximate surface area is 321 Å². The van der Waals surface area contributed by atoms with Gasteiger partial charge in [0.1, 0.15) is 0 Å². The zero-order valence-electron chi connectivity index (χ0n) is 29.5. The molecular formula is C50H30N4S. The Kier molecular flexibility index (Phi) is 7.32. The summed E-state index contributed by atoms with van der Waals surface area (Å²) in [6.07, 6.45) is 0. The third kappa shape index (κ3) is 5.36.